The first-order valence-electron chi connectivity index (χ1n) is 12.8. The number of fused-ring (bicyclic) bond motifs is 2. The second-order valence-corrected chi connectivity index (χ2v) is 11.5. The highest BCUT2D eigenvalue weighted by molar-refractivity contribution is 7.88. The standard InChI is InChI=1S/C28H26FN9O2S/c1-3-30-9-17-5-19(12-31-10-17)20-8-22-26(37-38-27(22)33-13-20)28-35-24-15-32-14-23(25(24)36-28)18-4-16(6-21(29)7-18)11-34-41(2,39)40/h4-8,10,12-15,30,34H,3,9,11H2,1-2H3,(H,35,36)(H,33,37,38). The van der Waals surface area contributed by atoms with Crippen LogP contribution in [0.15, 0.2) is 61.3 Å². The van der Waals surface area contributed by atoms with Gasteiger partial charge in [0.1, 0.15) is 11.5 Å². The number of aromatic nitrogens is 7. The molecular formula is C28H26FN9O2S. The topological polar surface area (TPSA) is 154 Å². The van der Waals surface area contributed by atoms with Gasteiger partial charge in [0.05, 0.1) is 28.9 Å². The fourth-order valence-corrected chi connectivity index (χ4v) is 5.06. The Morgan fingerprint density at radius 3 is 2.54 bits per heavy atom. The Hall–Kier alpha value is -4.59. The first-order valence-corrected chi connectivity index (χ1v) is 14.7. The van der Waals surface area contributed by atoms with Crippen molar-refractivity contribution in [2.24, 2.45) is 0 Å². The van der Waals surface area contributed by atoms with Crippen LogP contribution in [0.2, 0.25) is 0 Å². The second kappa shape index (κ2) is 10.8. The van der Waals surface area contributed by atoms with E-state index in [-0.39, 0.29) is 6.54 Å². The molecule has 0 amide bonds. The number of benzene rings is 1. The van der Waals surface area contributed by atoms with Crippen LogP contribution in [0.1, 0.15) is 18.1 Å². The Kier molecular flexibility index (Phi) is 6.99. The molecule has 208 valence electrons. The van der Waals surface area contributed by atoms with Crippen molar-refractivity contribution in [3.05, 3.63) is 78.3 Å². The molecule has 0 spiro atoms. The molecule has 0 saturated carbocycles. The van der Waals surface area contributed by atoms with Crippen LogP contribution in [0.3, 0.4) is 0 Å². The van der Waals surface area contributed by atoms with Crippen molar-refractivity contribution in [3.8, 4) is 33.8 Å². The lowest BCUT2D eigenvalue weighted by Gasteiger charge is -2.07. The van der Waals surface area contributed by atoms with Gasteiger partial charge in [-0.2, -0.15) is 5.10 Å². The number of halogens is 1. The number of aromatic amines is 2. The van der Waals surface area contributed by atoms with Gasteiger partial charge >= 0.3 is 0 Å². The Balaban J connectivity index is 1.39. The molecule has 0 atom stereocenters. The molecule has 0 aliphatic heterocycles. The lowest BCUT2D eigenvalue weighted by molar-refractivity contribution is 0.586. The summed E-state index contributed by atoms with van der Waals surface area (Å²) in [5.74, 6) is -0.00432. The van der Waals surface area contributed by atoms with Gasteiger partial charge in [-0.3, -0.25) is 15.1 Å². The molecule has 4 N–H and O–H groups in total. The van der Waals surface area contributed by atoms with Crippen LogP contribution in [0.25, 0.3) is 55.8 Å². The molecule has 5 heterocycles. The summed E-state index contributed by atoms with van der Waals surface area (Å²) in [5.41, 5.74) is 6.87. The van der Waals surface area contributed by atoms with E-state index in [1.807, 2.05) is 12.3 Å². The Morgan fingerprint density at radius 1 is 0.902 bits per heavy atom. The maximum atomic E-state index is 14.5. The van der Waals surface area contributed by atoms with Crippen LogP contribution >= 0.6 is 0 Å². The van der Waals surface area contributed by atoms with E-state index in [1.54, 1.807) is 30.9 Å². The predicted molar refractivity (Wildman–Crippen MR) is 154 cm³/mol. The van der Waals surface area contributed by atoms with Gasteiger partial charge < -0.3 is 10.3 Å². The van der Waals surface area contributed by atoms with Gasteiger partial charge in [-0.05, 0) is 53.6 Å². The number of hydrogen-bond acceptors (Lipinski definition) is 8. The largest absolute Gasteiger partial charge is 0.335 e. The summed E-state index contributed by atoms with van der Waals surface area (Å²) in [6.45, 7) is 3.61. The van der Waals surface area contributed by atoms with Gasteiger partial charge in [-0.1, -0.05) is 6.92 Å². The molecule has 0 aliphatic carbocycles. The van der Waals surface area contributed by atoms with E-state index in [4.69, 9.17) is 4.98 Å². The molecule has 41 heavy (non-hydrogen) atoms. The summed E-state index contributed by atoms with van der Waals surface area (Å²) in [6, 6.07) is 8.44. The number of imidazole rings is 1. The van der Waals surface area contributed by atoms with Crippen molar-refractivity contribution < 1.29 is 12.8 Å². The number of H-pyrrole nitrogens is 2. The molecule has 6 rings (SSSR count). The summed E-state index contributed by atoms with van der Waals surface area (Å²) >= 11 is 0. The van der Waals surface area contributed by atoms with E-state index >= 15 is 0 Å². The SMILES string of the molecule is CCNCc1cncc(-c2cnc3[nH]nc(-c4nc5c(-c6cc(F)cc(CNS(C)(=O)=O)c6)cncc5[nH]4)c3c2)c1. The van der Waals surface area contributed by atoms with Gasteiger partial charge in [0.25, 0.3) is 0 Å². The number of hydrogen-bond donors (Lipinski definition) is 4. The minimum absolute atomic E-state index is 0.0407. The van der Waals surface area contributed by atoms with Gasteiger partial charge in [-0.15, -0.1) is 0 Å². The van der Waals surface area contributed by atoms with Gasteiger partial charge in [0.15, 0.2) is 11.5 Å². The summed E-state index contributed by atoms with van der Waals surface area (Å²) in [6.07, 6.45) is 9.71. The van der Waals surface area contributed by atoms with Crippen molar-refractivity contribution >= 4 is 32.1 Å². The van der Waals surface area contributed by atoms with Gasteiger partial charge in [0.2, 0.25) is 10.0 Å². The third-order valence-electron chi connectivity index (χ3n) is 6.55. The number of nitrogens with one attached hydrogen (secondary N) is 4. The quantitative estimate of drug-likeness (QED) is 0.204. The van der Waals surface area contributed by atoms with E-state index in [1.165, 1.54) is 12.1 Å². The zero-order chi connectivity index (χ0) is 28.6. The molecule has 11 nitrogen and oxygen atoms in total. The molecule has 0 saturated heterocycles. The lowest BCUT2D eigenvalue weighted by Crippen LogP contribution is -2.21. The predicted octanol–water partition coefficient (Wildman–Crippen LogP) is 3.92. The minimum atomic E-state index is -3.44. The summed E-state index contributed by atoms with van der Waals surface area (Å²) < 4.78 is 40.0. The van der Waals surface area contributed by atoms with Crippen LogP contribution in [-0.4, -0.2) is 56.3 Å². The fourth-order valence-electron chi connectivity index (χ4n) is 4.63. The Morgan fingerprint density at radius 2 is 1.71 bits per heavy atom. The van der Waals surface area contributed by atoms with E-state index < -0.39 is 15.8 Å². The zero-order valence-electron chi connectivity index (χ0n) is 22.2. The molecule has 0 aliphatic rings. The van der Waals surface area contributed by atoms with Crippen LogP contribution in [0.5, 0.6) is 0 Å². The number of sulfonamides is 1. The van der Waals surface area contributed by atoms with Crippen molar-refractivity contribution in [2.45, 2.75) is 20.0 Å². The van der Waals surface area contributed by atoms with Crippen LogP contribution in [-0.2, 0) is 23.1 Å². The smallest absolute Gasteiger partial charge is 0.209 e. The van der Waals surface area contributed by atoms with Gasteiger partial charge in [-0.25, -0.2) is 27.5 Å². The molecule has 5 aromatic heterocycles. The molecule has 0 radical (unpaired) electrons. The van der Waals surface area contributed by atoms with Crippen molar-refractivity contribution in [1.82, 2.24) is 45.2 Å². The average Bonchev–Trinajstić information content (AvgIpc) is 3.58. The van der Waals surface area contributed by atoms with E-state index in [2.05, 4.69) is 53.2 Å². The van der Waals surface area contributed by atoms with Crippen LogP contribution in [0, 0.1) is 5.82 Å². The van der Waals surface area contributed by atoms with E-state index in [9.17, 15) is 12.8 Å². The third kappa shape index (κ3) is 5.68. The fraction of sp³-hybridized carbons (Fsp3) is 0.179. The first-order chi connectivity index (χ1) is 19.8. The molecule has 0 fully saturated rings. The average molecular weight is 572 g/mol. The molecular weight excluding hydrogens is 545 g/mol. The zero-order valence-corrected chi connectivity index (χ0v) is 23.1. The summed E-state index contributed by atoms with van der Waals surface area (Å²) in [4.78, 5) is 21.4. The summed E-state index contributed by atoms with van der Waals surface area (Å²) in [7, 11) is -3.44. The summed E-state index contributed by atoms with van der Waals surface area (Å²) in [5, 5.41) is 11.5. The van der Waals surface area contributed by atoms with Crippen LogP contribution in [0.4, 0.5) is 4.39 Å². The Bertz CT molecular complexity index is 2000. The second-order valence-electron chi connectivity index (χ2n) is 9.66. The maximum absolute atomic E-state index is 14.5. The Labute approximate surface area is 234 Å². The van der Waals surface area contributed by atoms with Gasteiger partial charge in [0, 0.05) is 54.6 Å². The molecule has 0 bridgehead atoms. The highest BCUT2D eigenvalue weighted by atomic mass is 32.2. The van der Waals surface area contributed by atoms with Crippen molar-refractivity contribution in [3.63, 3.8) is 0 Å². The van der Waals surface area contributed by atoms with Crippen molar-refractivity contribution in [2.75, 3.05) is 12.8 Å². The van der Waals surface area contributed by atoms with Crippen LogP contribution < -0.4 is 10.0 Å². The minimum Gasteiger partial charge on any atom is -0.335 e. The number of rotatable bonds is 9. The van der Waals surface area contributed by atoms with Crippen molar-refractivity contribution in [1.29, 1.82) is 0 Å². The maximum Gasteiger partial charge on any atom is 0.209 e. The lowest BCUT2D eigenvalue weighted by atomic mass is 10.0. The number of pyridine rings is 3. The molecule has 6 aromatic rings. The van der Waals surface area contributed by atoms with E-state index in [0.29, 0.717) is 44.9 Å². The molecule has 1 aromatic carbocycles. The highest BCUT2D eigenvalue weighted by Crippen LogP contribution is 2.32. The highest BCUT2D eigenvalue weighted by Gasteiger charge is 2.18. The normalized spacial score (nSPS) is 12.0. The monoisotopic (exact) mass is 571 g/mol. The molecule has 0 unspecified atom stereocenters. The third-order valence-corrected chi connectivity index (χ3v) is 7.22. The molecule has 13 heteroatoms. The first kappa shape index (κ1) is 26.6. The number of nitrogens with zero attached hydrogens (tertiary/aromatic N) is 5. The van der Waals surface area contributed by atoms with E-state index in [0.717, 1.165) is 41.4 Å².